The number of nitrogens with one attached hydrogen (secondary N) is 2. The molecule has 3 heterocycles. The van der Waals surface area contributed by atoms with Crippen LogP contribution < -0.4 is 10.0 Å². The van der Waals surface area contributed by atoms with Gasteiger partial charge in [-0.1, -0.05) is 17.7 Å². The minimum atomic E-state index is -3.81. The average molecular weight is 369 g/mol. The molecule has 0 radical (unpaired) electrons. The van der Waals surface area contributed by atoms with Crippen LogP contribution in [0.25, 0.3) is 4.96 Å². The summed E-state index contributed by atoms with van der Waals surface area (Å²) in [6.07, 6.45) is 2.53. The number of aromatic nitrogens is 2. The van der Waals surface area contributed by atoms with Crippen molar-refractivity contribution in [1.82, 2.24) is 14.7 Å². The molecule has 0 saturated heterocycles. The van der Waals surface area contributed by atoms with Gasteiger partial charge < -0.3 is 5.32 Å². The van der Waals surface area contributed by atoms with E-state index in [2.05, 4.69) is 15.0 Å². The Balaban J connectivity index is 1.72. The molecule has 3 aromatic rings. The van der Waals surface area contributed by atoms with Crippen LogP contribution >= 0.6 is 22.9 Å². The SMILES string of the molecule is O=S(=O)(Nc1ccc2c(c1)CCNC2)c1c(Cl)nc2sccn12. The lowest BCUT2D eigenvalue weighted by atomic mass is 10.0. The Morgan fingerprint density at radius 1 is 1.35 bits per heavy atom. The normalized spacial score (nSPS) is 14.8. The first-order valence-corrected chi connectivity index (χ1v) is 9.75. The standard InChI is InChI=1S/C14H13ClN4O2S2/c15-12-13(19-5-6-22-14(19)17-12)23(20,21)18-11-2-1-10-8-16-4-3-9(10)7-11/h1-2,5-7,16,18H,3-4,8H2. The van der Waals surface area contributed by atoms with E-state index in [1.54, 1.807) is 17.6 Å². The van der Waals surface area contributed by atoms with E-state index in [0.29, 0.717) is 10.6 Å². The third-order valence-corrected chi connectivity index (χ3v) is 6.31. The van der Waals surface area contributed by atoms with Crippen molar-refractivity contribution in [3.8, 4) is 0 Å². The summed E-state index contributed by atoms with van der Waals surface area (Å²) in [6, 6.07) is 5.59. The van der Waals surface area contributed by atoms with Gasteiger partial charge in [0.25, 0.3) is 10.0 Å². The van der Waals surface area contributed by atoms with Gasteiger partial charge in [-0.15, -0.1) is 11.3 Å². The maximum atomic E-state index is 12.7. The molecule has 2 aromatic heterocycles. The van der Waals surface area contributed by atoms with E-state index in [9.17, 15) is 8.42 Å². The summed E-state index contributed by atoms with van der Waals surface area (Å²) in [5, 5.41) is 5.00. The van der Waals surface area contributed by atoms with Crippen LogP contribution in [0.1, 0.15) is 11.1 Å². The number of nitrogens with zero attached hydrogens (tertiary/aromatic N) is 2. The maximum Gasteiger partial charge on any atom is 0.281 e. The van der Waals surface area contributed by atoms with Gasteiger partial charge in [0.2, 0.25) is 0 Å². The molecule has 0 spiro atoms. The van der Waals surface area contributed by atoms with Crippen molar-refractivity contribution < 1.29 is 8.42 Å². The number of hydrogen-bond acceptors (Lipinski definition) is 5. The second kappa shape index (κ2) is 5.48. The fraction of sp³-hybridized carbons (Fsp3) is 0.214. The van der Waals surface area contributed by atoms with Crippen molar-refractivity contribution in [3.63, 3.8) is 0 Å². The minimum absolute atomic E-state index is 0.0217. The first kappa shape index (κ1) is 14.9. The van der Waals surface area contributed by atoms with E-state index in [1.807, 2.05) is 12.1 Å². The van der Waals surface area contributed by atoms with Gasteiger partial charge >= 0.3 is 0 Å². The summed E-state index contributed by atoms with van der Waals surface area (Å²) >= 11 is 7.35. The summed E-state index contributed by atoms with van der Waals surface area (Å²) in [7, 11) is -3.81. The number of thiazole rings is 1. The van der Waals surface area contributed by atoms with Crippen LogP contribution in [0.4, 0.5) is 5.69 Å². The van der Waals surface area contributed by atoms with Gasteiger partial charge in [-0.05, 0) is 36.2 Å². The van der Waals surface area contributed by atoms with Crippen LogP contribution in [-0.4, -0.2) is 24.3 Å². The molecule has 120 valence electrons. The molecule has 0 fully saturated rings. The van der Waals surface area contributed by atoms with E-state index in [4.69, 9.17) is 11.6 Å². The van der Waals surface area contributed by atoms with Crippen molar-refractivity contribution in [2.45, 2.75) is 18.0 Å². The van der Waals surface area contributed by atoms with Crippen LogP contribution in [0.2, 0.25) is 5.15 Å². The molecule has 1 aliphatic heterocycles. The van der Waals surface area contributed by atoms with Gasteiger partial charge in [-0.2, -0.15) is 8.42 Å². The van der Waals surface area contributed by atoms with Gasteiger partial charge in [0.15, 0.2) is 15.1 Å². The van der Waals surface area contributed by atoms with Crippen molar-refractivity contribution in [2.75, 3.05) is 11.3 Å². The van der Waals surface area contributed by atoms with Crippen molar-refractivity contribution in [1.29, 1.82) is 0 Å². The molecule has 0 amide bonds. The molecule has 2 N–H and O–H groups in total. The number of benzene rings is 1. The third-order valence-electron chi connectivity index (χ3n) is 3.78. The molecule has 0 aliphatic carbocycles. The van der Waals surface area contributed by atoms with Gasteiger partial charge in [-0.3, -0.25) is 9.12 Å². The summed E-state index contributed by atoms with van der Waals surface area (Å²) in [6.45, 7) is 1.71. The van der Waals surface area contributed by atoms with Crippen molar-refractivity contribution >= 4 is 43.6 Å². The van der Waals surface area contributed by atoms with Crippen LogP contribution in [0.3, 0.4) is 0 Å². The Morgan fingerprint density at radius 2 is 2.22 bits per heavy atom. The summed E-state index contributed by atoms with van der Waals surface area (Å²) in [5.74, 6) is 0. The second-order valence-corrected chi connectivity index (χ2v) is 8.11. The zero-order valence-corrected chi connectivity index (χ0v) is 14.3. The highest BCUT2D eigenvalue weighted by Crippen LogP contribution is 2.28. The topological polar surface area (TPSA) is 75.5 Å². The molecule has 0 saturated carbocycles. The average Bonchev–Trinajstić information content (AvgIpc) is 3.06. The second-order valence-electron chi connectivity index (χ2n) is 5.28. The lowest BCUT2D eigenvalue weighted by Gasteiger charge is -2.18. The van der Waals surface area contributed by atoms with Crippen LogP contribution in [0.5, 0.6) is 0 Å². The first-order chi connectivity index (χ1) is 11.0. The predicted octanol–water partition coefficient (Wildman–Crippen LogP) is 2.50. The summed E-state index contributed by atoms with van der Waals surface area (Å²) in [5.41, 5.74) is 2.89. The highest BCUT2D eigenvalue weighted by atomic mass is 35.5. The maximum absolute atomic E-state index is 12.7. The fourth-order valence-electron chi connectivity index (χ4n) is 2.72. The predicted molar refractivity (Wildman–Crippen MR) is 90.7 cm³/mol. The number of anilines is 1. The zero-order valence-electron chi connectivity index (χ0n) is 11.9. The molecule has 4 rings (SSSR count). The Hall–Kier alpha value is -1.61. The molecule has 0 atom stereocenters. The Bertz CT molecular complexity index is 994. The van der Waals surface area contributed by atoms with Crippen LogP contribution in [0, 0.1) is 0 Å². The molecular formula is C14H13ClN4O2S2. The van der Waals surface area contributed by atoms with E-state index in [1.165, 1.54) is 21.3 Å². The summed E-state index contributed by atoms with van der Waals surface area (Å²) in [4.78, 5) is 4.62. The smallest absolute Gasteiger partial charge is 0.281 e. The number of sulfonamides is 1. The Labute approximate surface area is 142 Å². The monoisotopic (exact) mass is 368 g/mol. The van der Waals surface area contributed by atoms with Gasteiger partial charge in [0, 0.05) is 23.8 Å². The highest BCUT2D eigenvalue weighted by Gasteiger charge is 2.25. The Morgan fingerprint density at radius 3 is 3.09 bits per heavy atom. The molecule has 9 heteroatoms. The Kier molecular flexibility index (Phi) is 3.56. The van der Waals surface area contributed by atoms with Gasteiger partial charge in [0.1, 0.15) is 0 Å². The largest absolute Gasteiger partial charge is 0.312 e. The molecule has 1 aromatic carbocycles. The highest BCUT2D eigenvalue weighted by molar-refractivity contribution is 7.92. The number of fused-ring (bicyclic) bond motifs is 2. The molecular weight excluding hydrogens is 356 g/mol. The van der Waals surface area contributed by atoms with Gasteiger partial charge in [0.05, 0.1) is 0 Å². The third kappa shape index (κ3) is 2.61. The molecule has 6 nitrogen and oxygen atoms in total. The van der Waals surface area contributed by atoms with Crippen LogP contribution in [0.15, 0.2) is 34.8 Å². The van der Waals surface area contributed by atoms with Crippen molar-refractivity contribution in [2.24, 2.45) is 0 Å². The first-order valence-electron chi connectivity index (χ1n) is 7.01. The lowest BCUT2D eigenvalue weighted by Crippen LogP contribution is -2.24. The van der Waals surface area contributed by atoms with Crippen molar-refractivity contribution in [3.05, 3.63) is 46.1 Å². The quantitative estimate of drug-likeness (QED) is 0.744. The lowest BCUT2D eigenvalue weighted by molar-refractivity contribution is 0.596. The number of hydrogen-bond donors (Lipinski definition) is 2. The van der Waals surface area contributed by atoms with Gasteiger partial charge in [-0.25, -0.2) is 4.98 Å². The van der Waals surface area contributed by atoms with E-state index in [-0.39, 0.29) is 10.2 Å². The molecule has 1 aliphatic rings. The zero-order chi connectivity index (χ0) is 16.0. The fourth-order valence-corrected chi connectivity index (χ4v) is 5.23. The molecule has 0 bridgehead atoms. The molecule has 23 heavy (non-hydrogen) atoms. The molecule has 0 unspecified atom stereocenters. The van der Waals surface area contributed by atoms with E-state index in [0.717, 1.165) is 25.1 Å². The number of imidazole rings is 1. The minimum Gasteiger partial charge on any atom is -0.312 e. The van der Waals surface area contributed by atoms with E-state index >= 15 is 0 Å². The van der Waals surface area contributed by atoms with E-state index < -0.39 is 10.0 Å². The number of halogens is 1. The number of rotatable bonds is 3. The van der Waals surface area contributed by atoms with Crippen LogP contribution in [-0.2, 0) is 23.0 Å². The summed E-state index contributed by atoms with van der Waals surface area (Å²) < 4.78 is 29.5.